The fourth-order valence-electron chi connectivity index (χ4n) is 2.79. The zero-order chi connectivity index (χ0) is 15.4. The summed E-state index contributed by atoms with van der Waals surface area (Å²) in [6.07, 6.45) is 0. The number of para-hydroxylation sites is 1. The van der Waals surface area contributed by atoms with Crippen LogP contribution in [0.2, 0.25) is 0 Å². The van der Waals surface area contributed by atoms with Crippen LogP contribution in [-0.2, 0) is 0 Å². The number of hydrogen-bond donors (Lipinski definition) is 0. The Hall–Kier alpha value is -2.14. The first kappa shape index (κ1) is 14.8. The number of ether oxygens (including phenoxy) is 1. The Labute approximate surface area is 131 Å². The highest BCUT2D eigenvalue weighted by Gasteiger charge is 2.17. The first-order chi connectivity index (χ1) is 10.8. The second kappa shape index (κ2) is 6.75. The second-order valence-electron chi connectivity index (χ2n) is 5.40. The molecule has 0 radical (unpaired) electrons. The molecule has 0 unspecified atom stereocenters. The molecular formula is C17H22N4O. The molecule has 0 aliphatic carbocycles. The largest absolute Gasteiger partial charge is 0.496 e. The molecule has 22 heavy (non-hydrogen) atoms. The van der Waals surface area contributed by atoms with E-state index in [0.29, 0.717) is 0 Å². The summed E-state index contributed by atoms with van der Waals surface area (Å²) >= 11 is 0. The van der Waals surface area contributed by atoms with Crippen LogP contribution >= 0.6 is 0 Å². The van der Waals surface area contributed by atoms with E-state index in [1.165, 1.54) is 0 Å². The van der Waals surface area contributed by atoms with Crippen molar-refractivity contribution in [1.82, 2.24) is 15.1 Å². The van der Waals surface area contributed by atoms with Crippen LogP contribution in [0.5, 0.6) is 5.75 Å². The summed E-state index contributed by atoms with van der Waals surface area (Å²) in [7, 11) is 1.67. The third-order valence-corrected chi connectivity index (χ3v) is 4.18. The molecule has 1 fully saturated rings. The zero-order valence-corrected chi connectivity index (χ0v) is 13.2. The molecule has 2 heterocycles. The predicted octanol–water partition coefficient (Wildman–Crippen LogP) is 2.29. The smallest absolute Gasteiger partial charge is 0.151 e. The average molecular weight is 298 g/mol. The monoisotopic (exact) mass is 298 g/mol. The molecule has 1 aliphatic rings. The van der Waals surface area contributed by atoms with Gasteiger partial charge in [-0.25, -0.2) is 0 Å². The van der Waals surface area contributed by atoms with Gasteiger partial charge in [-0.15, -0.1) is 10.2 Å². The maximum atomic E-state index is 5.39. The van der Waals surface area contributed by atoms with E-state index in [0.717, 1.165) is 55.5 Å². The molecule has 1 aromatic heterocycles. The Balaban J connectivity index is 1.76. The molecular weight excluding hydrogens is 276 g/mol. The number of benzene rings is 1. The van der Waals surface area contributed by atoms with Crippen molar-refractivity contribution < 1.29 is 4.74 Å². The molecule has 0 atom stereocenters. The maximum absolute atomic E-state index is 5.39. The number of aromatic nitrogens is 2. The standard InChI is InChI=1S/C17H22N4O/c1-3-20-10-12-21(13-11-20)17-9-8-15(18-19-17)14-6-4-5-7-16(14)22-2/h4-9H,3,10-13H2,1-2H3. The van der Waals surface area contributed by atoms with Gasteiger partial charge in [-0.3, -0.25) is 0 Å². The van der Waals surface area contributed by atoms with Crippen LogP contribution in [0.25, 0.3) is 11.3 Å². The van der Waals surface area contributed by atoms with E-state index < -0.39 is 0 Å². The van der Waals surface area contributed by atoms with E-state index in [-0.39, 0.29) is 0 Å². The molecule has 0 bridgehead atoms. The van der Waals surface area contributed by atoms with Gasteiger partial charge in [0.15, 0.2) is 5.82 Å². The van der Waals surface area contributed by atoms with Crippen molar-refractivity contribution in [3.8, 4) is 17.0 Å². The topological polar surface area (TPSA) is 41.5 Å². The number of methoxy groups -OCH3 is 1. The molecule has 3 rings (SSSR count). The highest BCUT2D eigenvalue weighted by Crippen LogP contribution is 2.28. The van der Waals surface area contributed by atoms with E-state index in [1.807, 2.05) is 30.3 Å². The van der Waals surface area contributed by atoms with Gasteiger partial charge in [-0.05, 0) is 30.8 Å². The van der Waals surface area contributed by atoms with Crippen LogP contribution in [0.15, 0.2) is 36.4 Å². The number of rotatable bonds is 4. The lowest BCUT2D eigenvalue weighted by molar-refractivity contribution is 0.270. The van der Waals surface area contributed by atoms with Gasteiger partial charge in [0.1, 0.15) is 5.75 Å². The van der Waals surface area contributed by atoms with Gasteiger partial charge in [-0.1, -0.05) is 19.1 Å². The molecule has 1 aromatic carbocycles. The number of hydrogen-bond acceptors (Lipinski definition) is 5. The molecule has 116 valence electrons. The number of piperazine rings is 1. The molecule has 0 amide bonds. The number of nitrogens with zero attached hydrogens (tertiary/aromatic N) is 4. The molecule has 0 N–H and O–H groups in total. The van der Waals surface area contributed by atoms with Crippen LogP contribution in [-0.4, -0.2) is 54.9 Å². The van der Waals surface area contributed by atoms with Crippen LogP contribution < -0.4 is 9.64 Å². The van der Waals surface area contributed by atoms with Crippen molar-refractivity contribution in [1.29, 1.82) is 0 Å². The van der Waals surface area contributed by atoms with E-state index in [9.17, 15) is 0 Å². The second-order valence-corrected chi connectivity index (χ2v) is 5.40. The van der Waals surface area contributed by atoms with Gasteiger partial charge in [0, 0.05) is 31.7 Å². The molecule has 1 saturated heterocycles. The predicted molar refractivity (Wildman–Crippen MR) is 88.3 cm³/mol. The molecule has 2 aromatic rings. The normalized spacial score (nSPS) is 15.8. The molecule has 5 heteroatoms. The van der Waals surface area contributed by atoms with E-state index in [4.69, 9.17) is 4.74 Å². The Morgan fingerprint density at radius 1 is 1.00 bits per heavy atom. The SMILES string of the molecule is CCN1CCN(c2ccc(-c3ccccc3OC)nn2)CC1. The fourth-order valence-corrected chi connectivity index (χ4v) is 2.79. The summed E-state index contributed by atoms with van der Waals surface area (Å²) in [5.74, 6) is 1.77. The summed E-state index contributed by atoms with van der Waals surface area (Å²) in [5, 5.41) is 8.79. The van der Waals surface area contributed by atoms with Crippen LogP contribution in [0.4, 0.5) is 5.82 Å². The van der Waals surface area contributed by atoms with Crippen molar-refractivity contribution in [3.05, 3.63) is 36.4 Å². The van der Waals surface area contributed by atoms with Gasteiger partial charge >= 0.3 is 0 Å². The third kappa shape index (κ3) is 3.04. The Bertz CT molecular complexity index is 606. The highest BCUT2D eigenvalue weighted by molar-refractivity contribution is 5.67. The first-order valence-corrected chi connectivity index (χ1v) is 7.76. The van der Waals surface area contributed by atoms with Gasteiger partial charge in [0.25, 0.3) is 0 Å². The van der Waals surface area contributed by atoms with E-state index >= 15 is 0 Å². The maximum Gasteiger partial charge on any atom is 0.151 e. The molecule has 1 aliphatic heterocycles. The highest BCUT2D eigenvalue weighted by atomic mass is 16.5. The lowest BCUT2D eigenvalue weighted by Crippen LogP contribution is -2.46. The lowest BCUT2D eigenvalue weighted by atomic mass is 10.1. The Kier molecular flexibility index (Phi) is 4.53. The minimum atomic E-state index is 0.820. The summed E-state index contributed by atoms with van der Waals surface area (Å²) in [6.45, 7) is 7.52. The summed E-state index contributed by atoms with van der Waals surface area (Å²) in [6, 6.07) is 12.0. The van der Waals surface area contributed by atoms with E-state index in [1.54, 1.807) is 7.11 Å². The van der Waals surface area contributed by atoms with Gasteiger partial charge in [-0.2, -0.15) is 0 Å². The van der Waals surface area contributed by atoms with Crippen molar-refractivity contribution >= 4 is 5.82 Å². The summed E-state index contributed by atoms with van der Waals surface area (Å²) in [5.41, 5.74) is 1.81. The minimum Gasteiger partial charge on any atom is -0.496 e. The minimum absolute atomic E-state index is 0.820. The van der Waals surface area contributed by atoms with Gasteiger partial charge < -0.3 is 14.5 Å². The average Bonchev–Trinajstić information content (AvgIpc) is 2.62. The van der Waals surface area contributed by atoms with Crippen LogP contribution in [0.3, 0.4) is 0 Å². The summed E-state index contributed by atoms with van der Waals surface area (Å²) in [4.78, 5) is 4.75. The third-order valence-electron chi connectivity index (χ3n) is 4.18. The molecule has 0 spiro atoms. The van der Waals surface area contributed by atoms with Crippen molar-refractivity contribution in [2.75, 3.05) is 44.7 Å². The fraction of sp³-hybridized carbons (Fsp3) is 0.412. The quantitative estimate of drug-likeness (QED) is 0.866. The Morgan fingerprint density at radius 3 is 2.41 bits per heavy atom. The van der Waals surface area contributed by atoms with Crippen molar-refractivity contribution in [3.63, 3.8) is 0 Å². The lowest BCUT2D eigenvalue weighted by Gasteiger charge is -2.34. The van der Waals surface area contributed by atoms with Crippen LogP contribution in [0.1, 0.15) is 6.92 Å². The van der Waals surface area contributed by atoms with Crippen molar-refractivity contribution in [2.45, 2.75) is 6.92 Å². The Morgan fingerprint density at radius 2 is 1.77 bits per heavy atom. The van der Waals surface area contributed by atoms with Gasteiger partial charge in [0.05, 0.1) is 12.8 Å². The molecule has 0 saturated carbocycles. The van der Waals surface area contributed by atoms with Crippen molar-refractivity contribution in [2.24, 2.45) is 0 Å². The number of likely N-dealkylation sites (N-methyl/N-ethyl adjacent to an activating group) is 1. The number of anilines is 1. The van der Waals surface area contributed by atoms with Gasteiger partial charge in [0.2, 0.25) is 0 Å². The van der Waals surface area contributed by atoms with E-state index in [2.05, 4.69) is 33.0 Å². The molecule has 5 nitrogen and oxygen atoms in total. The first-order valence-electron chi connectivity index (χ1n) is 7.76. The summed E-state index contributed by atoms with van der Waals surface area (Å²) < 4.78 is 5.39. The van der Waals surface area contributed by atoms with Crippen LogP contribution in [0, 0.1) is 0 Å². The zero-order valence-electron chi connectivity index (χ0n) is 13.2.